The molecule has 1 aliphatic carbocycles. The van der Waals surface area contributed by atoms with Gasteiger partial charge in [-0.2, -0.15) is 0 Å². The van der Waals surface area contributed by atoms with Crippen molar-refractivity contribution in [2.24, 2.45) is 5.92 Å². The van der Waals surface area contributed by atoms with Crippen molar-refractivity contribution in [2.45, 2.75) is 45.2 Å². The first kappa shape index (κ1) is 14.4. The van der Waals surface area contributed by atoms with Gasteiger partial charge < -0.3 is 20.2 Å². The molecule has 0 spiro atoms. The number of aryl methyl sites for hydroxylation is 1. The Balaban J connectivity index is 1.82. The molecule has 2 rings (SSSR count). The molecule has 2 unspecified atom stereocenters. The fourth-order valence-corrected chi connectivity index (χ4v) is 2.46. The number of hydrogen-bond acceptors (Lipinski definition) is 4. The van der Waals surface area contributed by atoms with Crippen molar-refractivity contribution in [1.82, 2.24) is 15.6 Å². The van der Waals surface area contributed by atoms with Crippen LogP contribution in [0, 0.1) is 12.8 Å². The Morgan fingerprint density at radius 1 is 1.45 bits per heavy atom. The Hall–Kier alpha value is -2.05. The van der Waals surface area contributed by atoms with E-state index in [9.17, 15) is 9.59 Å². The number of urea groups is 1. The number of carbonyl (C=O) groups is 2. The van der Waals surface area contributed by atoms with E-state index in [1.165, 1.54) is 0 Å². The summed E-state index contributed by atoms with van der Waals surface area (Å²) in [4.78, 5) is 26.9. The van der Waals surface area contributed by atoms with Gasteiger partial charge in [0.25, 0.3) is 0 Å². The lowest BCUT2D eigenvalue weighted by Gasteiger charge is -2.29. The average Bonchev–Trinajstić information content (AvgIpc) is 2.83. The molecule has 3 N–H and O–H groups in total. The molecule has 0 radical (unpaired) electrons. The van der Waals surface area contributed by atoms with E-state index in [-0.39, 0.29) is 18.6 Å². The van der Waals surface area contributed by atoms with Crippen LogP contribution in [-0.4, -0.2) is 28.1 Å². The van der Waals surface area contributed by atoms with Crippen molar-refractivity contribution in [3.05, 3.63) is 17.8 Å². The van der Waals surface area contributed by atoms with Crippen LogP contribution in [0.4, 0.5) is 4.79 Å². The van der Waals surface area contributed by atoms with Gasteiger partial charge in [0, 0.05) is 6.04 Å². The number of aromatic nitrogens is 1. The molecule has 2 amide bonds. The SMILES string of the molecule is Cc1cnc(CNC(=O)NC2CCCCC2C(=O)O)o1. The minimum Gasteiger partial charge on any atom is -0.481 e. The van der Waals surface area contributed by atoms with Gasteiger partial charge in [0.2, 0.25) is 5.89 Å². The first-order valence-corrected chi connectivity index (χ1v) is 6.74. The summed E-state index contributed by atoms with van der Waals surface area (Å²) in [6.45, 7) is 1.96. The van der Waals surface area contributed by atoms with Crippen LogP contribution in [0.3, 0.4) is 0 Å². The van der Waals surface area contributed by atoms with Gasteiger partial charge in [-0.3, -0.25) is 4.79 Å². The Morgan fingerprint density at radius 2 is 2.20 bits per heavy atom. The van der Waals surface area contributed by atoms with Gasteiger partial charge in [0.1, 0.15) is 5.76 Å². The summed E-state index contributed by atoms with van der Waals surface area (Å²) in [5.41, 5.74) is 0. The van der Waals surface area contributed by atoms with Gasteiger partial charge in [-0.15, -0.1) is 0 Å². The van der Waals surface area contributed by atoms with Crippen LogP contribution in [-0.2, 0) is 11.3 Å². The van der Waals surface area contributed by atoms with Crippen LogP contribution in [0.25, 0.3) is 0 Å². The predicted molar refractivity (Wildman–Crippen MR) is 70.0 cm³/mol. The second-order valence-corrected chi connectivity index (χ2v) is 5.03. The highest BCUT2D eigenvalue weighted by Crippen LogP contribution is 2.24. The molecule has 1 fully saturated rings. The molecule has 0 aliphatic heterocycles. The van der Waals surface area contributed by atoms with Crippen molar-refractivity contribution in [1.29, 1.82) is 0 Å². The molecule has 110 valence electrons. The molecule has 0 bridgehead atoms. The van der Waals surface area contributed by atoms with Crippen molar-refractivity contribution >= 4 is 12.0 Å². The molecule has 1 aliphatic rings. The number of amides is 2. The van der Waals surface area contributed by atoms with E-state index in [2.05, 4.69) is 15.6 Å². The number of carbonyl (C=O) groups excluding carboxylic acids is 1. The quantitative estimate of drug-likeness (QED) is 0.774. The van der Waals surface area contributed by atoms with Crippen LogP contribution in [0.5, 0.6) is 0 Å². The summed E-state index contributed by atoms with van der Waals surface area (Å²) in [6, 6.07) is -0.702. The number of nitrogens with zero attached hydrogens (tertiary/aromatic N) is 1. The lowest BCUT2D eigenvalue weighted by Crippen LogP contribution is -2.48. The largest absolute Gasteiger partial charge is 0.481 e. The summed E-state index contributed by atoms with van der Waals surface area (Å²) in [6.07, 6.45) is 4.72. The highest BCUT2D eigenvalue weighted by Gasteiger charge is 2.31. The first-order chi connectivity index (χ1) is 9.56. The van der Waals surface area contributed by atoms with Gasteiger partial charge in [0.15, 0.2) is 0 Å². The molecule has 0 saturated heterocycles. The summed E-state index contributed by atoms with van der Waals surface area (Å²) in [7, 11) is 0. The third kappa shape index (κ3) is 3.72. The molecule has 1 aromatic rings. The van der Waals surface area contributed by atoms with Gasteiger partial charge in [0.05, 0.1) is 18.7 Å². The zero-order valence-electron chi connectivity index (χ0n) is 11.4. The van der Waals surface area contributed by atoms with E-state index in [1.54, 1.807) is 13.1 Å². The lowest BCUT2D eigenvalue weighted by atomic mass is 9.84. The highest BCUT2D eigenvalue weighted by atomic mass is 16.4. The van der Waals surface area contributed by atoms with E-state index in [0.717, 1.165) is 12.8 Å². The number of oxazole rings is 1. The third-order valence-corrected chi connectivity index (χ3v) is 3.47. The van der Waals surface area contributed by atoms with Gasteiger partial charge in [-0.1, -0.05) is 12.8 Å². The summed E-state index contributed by atoms with van der Waals surface area (Å²) in [5, 5.41) is 14.5. The molecule has 7 nitrogen and oxygen atoms in total. The number of rotatable bonds is 4. The Labute approximate surface area is 116 Å². The smallest absolute Gasteiger partial charge is 0.315 e. The molecule has 7 heteroatoms. The first-order valence-electron chi connectivity index (χ1n) is 6.74. The maximum Gasteiger partial charge on any atom is 0.315 e. The summed E-state index contributed by atoms with van der Waals surface area (Å²) in [5.74, 6) is -0.242. The Bertz CT molecular complexity index is 486. The summed E-state index contributed by atoms with van der Waals surface area (Å²) >= 11 is 0. The second-order valence-electron chi connectivity index (χ2n) is 5.03. The predicted octanol–water partition coefficient (Wildman–Crippen LogP) is 1.43. The van der Waals surface area contributed by atoms with Crippen LogP contribution < -0.4 is 10.6 Å². The minimum absolute atomic E-state index is 0.185. The second kappa shape index (κ2) is 6.40. The zero-order chi connectivity index (χ0) is 14.5. The van der Waals surface area contributed by atoms with Gasteiger partial charge in [-0.25, -0.2) is 9.78 Å². The number of nitrogens with one attached hydrogen (secondary N) is 2. The van der Waals surface area contributed by atoms with E-state index in [4.69, 9.17) is 9.52 Å². The molecule has 20 heavy (non-hydrogen) atoms. The average molecular weight is 281 g/mol. The Kier molecular flexibility index (Phi) is 4.60. The Morgan fingerprint density at radius 3 is 2.85 bits per heavy atom. The van der Waals surface area contributed by atoms with E-state index in [1.807, 2.05) is 0 Å². The number of carboxylic acid groups (broad SMARTS) is 1. The van der Waals surface area contributed by atoms with Gasteiger partial charge >= 0.3 is 12.0 Å². The molecular formula is C13H19N3O4. The monoisotopic (exact) mass is 281 g/mol. The molecule has 1 aromatic heterocycles. The lowest BCUT2D eigenvalue weighted by molar-refractivity contribution is -0.143. The molecular weight excluding hydrogens is 262 g/mol. The summed E-state index contributed by atoms with van der Waals surface area (Å²) < 4.78 is 5.24. The van der Waals surface area contributed by atoms with Crippen LogP contribution in [0.2, 0.25) is 0 Å². The fraction of sp³-hybridized carbons (Fsp3) is 0.615. The van der Waals surface area contributed by atoms with Crippen molar-refractivity contribution in [2.75, 3.05) is 0 Å². The fourth-order valence-electron chi connectivity index (χ4n) is 2.46. The van der Waals surface area contributed by atoms with Crippen molar-refractivity contribution in [3.8, 4) is 0 Å². The minimum atomic E-state index is -0.849. The van der Waals surface area contributed by atoms with Crippen molar-refractivity contribution in [3.63, 3.8) is 0 Å². The molecule has 2 atom stereocenters. The van der Waals surface area contributed by atoms with Crippen LogP contribution >= 0.6 is 0 Å². The number of carboxylic acids is 1. The standard InChI is InChI=1S/C13H19N3O4/c1-8-6-14-11(20-8)7-15-13(19)16-10-5-3-2-4-9(10)12(17)18/h6,9-10H,2-5,7H2,1H3,(H,17,18)(H2,15,16,19). The zero-order valence-corrected chi connectivity index (χ0v) is 11.4. The van der Waals surface area contributed by atoms with Gasteiger partial charge in [-0.05, 0) is 19.8 Å². The van der Waals surface area contributed by atoms with E-state index in [0.29, 0.717) is 24.5 Å². The molecule has 1 saturated carbocycles. The highest BCUT2D eigenvalue weighted by molar-refractivity contribution is 5.76. The third-order valence-electron chi connectivity index (χ3n) is 3.47. The molecule has 1 heterocycles. The number of hydrogen-bond donors (Lipinski definition) is 3. The normalized spacial score (nSPS) is 22.2. The topological polar surface area (TPSA) is 104 Å². The molecule has 0 aromatic carbocycles. The van der Waals surface area contributed by atoms with Crippen LogP contribution in [0.15, 0.2) is 10.6 Å². The maximum absolute atomic E-state index is 11.8. The van der Waals surface area contributed by atoms with E-state index < -0.39 is 11.9 Å². The maximum atomic E-state index is 11.8. The van der Waals surface area contributed by atoms with E-state index >= 15 is 0 Å². The van der Waals surface area contributed by atoms with Crippen molar-refractivity contribution < 1.29 is 19.1 Å². The van der Waals surface area contributed by atoms with Crippen LogP contribution in [0.1, 0.15) is 37.3 Å². The number of aliphatic carboxylic acids is 1.